The number of rotatable bonds is 6. The Morgan fingerprint density at radius 1 is 1.13 bits per heavy atom. The van der Waals surface area contributed by atoms with E-state index in [9.17, 15) is 4.79 Å². The molecule has 2 heterocycles. The number of ether oxygens (including phenoxy) is 1. The summed E-state index contributed by atoms with van der Waals surface area (Å²) in [6, 6.07) is 17.8. The van der Waals surface area contributed by atoms with Crippen molar-refractivity contribution in [3.8, 4) is 28.3 Å². The molecule has 31 heavy (non-hydrogen) atoms. The highest BCUT2D eigenvalue weighted by atomic mass is 32.1. The molecule has 0 spiro atoms. The summed E-state index contributed by atoms with van der Waals surface area (Å²) in [4.78, 5) is 14.7. The molecule has 0 atom stereocenters. The number of thiophene rings is 1. The summed E-state index contributed by atoms with van der Waals surface area (Å²) in [6.45, 7) is 2.03. The summed E-state index contributed by atoms with van der Waals surface area (Å²) >= 11 is 1.48. The summed E-state index contributed by atoms with van der Waals surface area (Å²) in [5.74, 6) is 1.40. The van der Waals surface area contributed by atoms with Crippen molar-refractivity contribution in [1.29, 1.82) is 0 Å². The van der Waals surface area contributed by atoms with E-state index in [2.05, 4.69) is 20.8 Å². The number of benzene rings is 2. The molecule has 7 nitrogen and oxygen atoms in total. The van der Waals surface area contributed by atoms with Crippen LogP contribution in [0.15, 0.2) is 54.6 Å². The molecule has 1 aliphatic rings. The van der Waals surface area contributed by atoms with E-state index < -0.39 is 0 Å². The van der Waals surface area contributed by atoms with Crippen LogP contribution in [-0.2, 0) is 0 Å². The maximum Gasteiger partial charge on any atom is 0.265 e. The van der Waals surface area contributed by atoms with Crippen LogP contribution >= 0.6 is 11.3 Å². The standard InChI is InChI=1S/C23H21N5O2S/c1-14-20(15-6-10-19(30-2)11-7-15)13-21(31-14)23(29)24-17-5-3-4-16(12-17)22-25-26-27-28(22)18-8-9-18/h3-7,10-13,18H,8-9H2,1-2H3,(H,24,29). The molecule has 8 heteroatoms. The zero-order valence-corrected chi connectivity index (χ0v) is 18.0. The predicted octanol–water partition coefficient (Wildman–Crippen LogP) is 4.97. The number of aromatic nitrogens is 4. The lowest BCUT2D eigenvalue weighted by molar-refractivity contribution is 0.103. The summed E-state index contributed by atoms with van der Waals surface area (Å²) < 4.78 is 7.10. The highest BCUT2D eigenvalue weighted by molar-refractivity contribution is 7.14. The average molecular weight is 432 g/mol. The van der Waals surface area contributed by atoms with Gasteiger partial charge in [0, 0.05) is 16.1 Å². The lowest BCUT2D eigenvalue weighted by atomic mass is 10.1. The topological polar surface area (TPSA) is 81.9 Å². The third-order valence-electron chi connectivity index (χ3n) is 5.31. The van der Waals surface area contributed by atoms with Crippen molar-refractivity contribution < 1.29 is 9.53 Å². The number of hydrogen-bond donors (Lipinski definition) is 1. The van der Waals surface area contributed by atoms with Crippen LogP contribution in [0.4, 0.5) is 5.69 Å². The lowest BCUT2D eigenvalue weighted by Crippen LogP contribution is -2.10. The van der Waals surface area contributed by atoms with Crippen molar-refractivity contribution in [2.24, 2.45) is 0 Å². The van der Waals surface area contributed by atoms with Gasteiger partial charge in [-0.2, -0.15) is 0 Å². The monoisotopic (exact) mass is 431 g/mol. The van der Waals surface area contributed by atoms with Gasteiger partial charge in [0.25, 0.3) is 5.91 Å². The Kier molecular flexibility index (Phi) is 4.99. The van der Waals surface area contributed by atoms with E-state index in [0.29, 0.717) is 16.6 Å². The highest BCUT2D eigenvalue weighted by Crippen LogP contribution is 2.37. The number of carbonyl (C=O) groups is 1. The fourth-order valence-electron chi connectivity index (χ4n) is 3.53. The molecule has 0 aliphatic heterocycles. The Labute approximate surface area is 183 Å². The van der Waals surface area contributed by atoms with Gasteiger partial charge < -0.3 is 10.1 Å². The van der Waals surface area contributed by atoms with Gasteiger partial charge in [-0.15, -0.1) is 16.4 Å². The first-order chi connectivity index (χ1) is 15.1. The highest BCUT2D eigenvalue weighted by Gasteiger charge is 2.28. The first kappa shape index (κ1) is 19.4. The number of amides is 1. The van der Waals surface area contributed by atoms with Crippen molar-refractivity contribution in [1.82, 2.24) is 20.2 Å². The number of nitrogens with zero attached hydrogens (tertiary/aromatic N) is 4. The largest absolute Gasteiger partial charge is 0.497 e. The average Bonchev–Trinajstić information content (AvgIpc) is 3.38. The number of anilines is 1. The van der Waals surface area contributed by atoms with Crippen LogP contribution in [0.1, 0.15) is 33.4 Å². The molecule has 1 N–H and O–H groups in total. The van der Waals surface area contributed by atoms with Crippen LogP contribution in [-0.4, -0.2) is 33.2 Å². The zero-order chi connectivity index (χ0) is 21.4. The van der Waals surface area contributed by atoms with Crippen molar-refractivity contribution >= 4 is 22.9 Å². The molecular formula is C23H21N5O2S. The van der Waals surface area contributed by atoms with Crippen LogP contribution in [0.2, 0.25) is 0 Å². The maximum absolute atomic E-state index is 12.9. The van der Waals surface area contributed by atoms with E-state index in [1.165, 1.54) is 11.3 Å². The minimum Gasteiger partial charge on any atom is -0.497 e. The van der Waals surface area contributed by atoms with Crippen LogP contribution < -0.4 is 10.1 Å². The third-order valence-corrected chi connectivity index (χ3v) is 6.36. The van der Waals surface area contributed by atoms with Gasteiger partial charge in [0.05, 0.1) is 18.0 Å². The minimum atomic E-state index is -0.133. The first-order valence-electron chi connectivity index (χ1n) is 10.1. The SMILES string of the molecule is COc1ccc(-c2cc(C(=O)Nc3cccc(-c4nnnn4C4CC4)c3)sc2C)cc1. The number of hydrogen-bond acceptors (Lipinski definition) is 6. The first-order valence-corrected chi connectivity index (χ1v) is 10.9. The Hall–Kier alpha value is -3.52. The zero-order valence-electron chi connectivity index (χ0n) is 17.2. The summed E-state index contributed by atoms with van der Waals surface area (Å²) in [7, 11) is 1.65. The summed E-state index contributed by atoms with van der Waals surface area (Å²) in [5.41, 5.74) is 3.71. The Balaban J connectivity index is 1.36. The molecule has 0 saturated heterocycles. The van der Waals surface area contributed by atoms with Crippen molar-refractivity contribution in [2.45, 2.75) is 25.8 Å². The van der Waals surface area contributed by atoms with Gasteiger partial charge in [0.15, 0.2) is 5.82 Å². The molecule has 1 amide bonds. The molecule has 4 aromatic rings. The van der Waals surface area contributed by atoms with E-state index in [1.807, 2.05) is 66.2 Å². The molecule has 0 radical (unpaired) electrons. The molecule has 1 aliphatic carbocycles. The molecule has 1 saturated carbocycles. The fraction of sp³-hybridized carbons (Fsp3) is 0.217. The molecular weight excluding hydrogens is 410 g/mol. The third kappa shape index (κ3) is 3.94. The van der Waals surface area contributed by atoms with Gasteiger partial charge in [-0.05, 0) is 71.7 Å². The van der Waals surface area contributed by atoms with E-state index in [-0.39, 0.29) is 5.91 Å². The molecule has 2 aromatic heterocycles. The maximum atomic E-state index is 12.9. The number of carbonyl (C=O) groups excluding carboxylic acids is 1. The molecule has 156 valence electrons. The summed E-state index contributed by atoms with van der Waals surface area (Å²) in [6.07, 6.45) is 2.20. The number of methoxy groups -OCH3 is 1. The van der Waals surface area contributed by atoms with Crippen molar-refractivity contribution in [3.63, 3.8) is 0 Å². The van der Waals surface area contributed by atoms with Crippen LogP contribution in [0.3, 0.4) is 0 Å². The van der Waals surface area contributed by atoms with Crippen molar-refractivity contribution in [3.05, 3.63) is 64.4 Å². The van der Waals surface area contributed by atoms with E-state index in [4.69, 9.17) is 4.74 Å². The van der Waals surface area contributed by atoms with E-state index in [0.717, 1.165) is 46.0 Å². The quantitative estimate of drug-likeness (QED) is 0.466. The van der Waals surface area contributed by atoms with Gasteiger partial charge in [-0.1, -0.05) is 24.3 Å². The van der Waals surface area contributed by atoms with E-state index >= 15 is 0 Å². The lowest BCUT2D eigenvalue weighted by Gasteiger charge is -2.07. The van der Waals surface area contributed by atoms with E-state index in [1.54, 1.807) is 7.11 Å². The van der Waals surface area contributed by atoms with Gasteiger partial charge >= 0.3 is 0 Å². The molecule has 0 bridgehead atoms. The Bertz CT molecular complexity index is 1240. The second kappa shape index (κ2) is 7.96. The van der Waals surface area contributed by atoms with Crippen LogP contribution in [0.5, 0.6) is 5.75 Å². The predicted molar refractivity (Wildman–Crippen MR) is 121 cm³/mol. The number of aryl methyl sites for hydroxylation is 1. The second-order valence-electron chi connectivity index (χ2n) is 7.52. The minimum absolute atomic E-state index is 0.133. The Morgan fingerprint density at radius 2 is 1.94 bits per heavy atom. The molecule has 0 unspecified atom stereocenters. The van der Waals surface area contributed by atoms with Gasteiger partial charge in [-0.25, -0.2) is 4.68 Å². The second-order valence-corrected chi connectivity index (χ2v) is 8.78. The van der Waals surface area contributed by atoms with Gasteiger partial charge in [0.1, 0.15) is 5.75 Å². The normalized spacial score (nSPS) is 13.2. The summed E-state index contributed by atoms with van der Waals surface area (Å²) in [5, 5.41) is 15.1. The van der Waals surface area contributed by atoms with Crippen LogP contribution in [0, 0.1) is 6.92 Å². The molecule has 2 aromatic carbocycles. The van der Waals surface area contributed by atoms with Gasteiger partial charge in [0.2, 0.25) is 0 Å². The number of tetrazole rings is 1. The van der Waals surface area contributed by atoms with Crippen molar-refractivity contribution in [2.75, 3.05) is 12.4 Å². The van der Waals surface area contributed by atoms with Crippen LogP contribution in [0.25, 0.3) is 22.5 Å². The molecule has 5 rings (SSSR count). The Morgan fingerprint density at radius 3 is 2.68 bits per heavy atom. The fourth-order valence-corrected chi connectivity index (χ4v) is 4.47. The van der Waals surface area contributed by atoms with Gasteiger partial charge in [-0.3, -0.25) is 4.79 Å². The number of nitrogens with one attached hydrogen (secondary N) is 1. The molecule has 1 fully saturated rings. The smallest absolute Gasteiger partial charge is 0.265 e.